The molecule has 0 saturated carbocycles. The molecule has 0 aliphatic carbocycles. The first-order chi connectivity index (χ1) is 17.0. The van der Waals surface area contributed by atoms with Crippen LogP contribution in [0.4, 0.5) is 9.59 Å². The van der Waals surface area contributed by atoms with E-state index in [9.17, 15) is 19.2 Å². The predicted molar refractivity (Wildman–Crippen MR) is 129 cm³/mol. The minimum absolute atomic E-state index is 0.0527. The van der Waals surface area contributed by atoms with Crippen molar-refractivity contribution < 1.29 is 47.6 Å². The van der Waals surface area contributed by atoms with Crippen molar-refractivity contribution in [3.05, 3.63) is 23.8 Å². The summed E-state index contributed by atoms with van der Waals surface area (Å²) < 4.78 is 30.4. The van der Waals surface area contributed by atoms with E-state index < -0.39 is 24.3 Å². The van der Waals surface area contributed by atoms with Gasteiger partial charge in [0.05, 0.1) is 20.3 Å². The highest BCUT2D eigenvalue weighted by Crippen LogP contribution is 2.30. The van der Waals surface area contributed by atoms with Crippen molar-refractivity contribution in [1.29, 1.82) is 0 Å². The third-order valence-corrected chi connectivity index (χ3v) is 4.43. The van der Waals surface area contributed by atoms with Crippen molar-refractivity contribution in [3.63, 3.8) is 0 Å². The van der Waals surface area contributed by atoms with Crippen LogP contribution >= 0.6 is 0 Å². The minimum atomic E-state index is -0.971. The molecule has 11 nitrogen and oxygen atoms in total. The average molecular weight is 512 g/mol. The Bertz CT molecular complexity index is 868. The summed E-state index contributed by atoms with van der Waals surface area (Å²) in [4.78, 5) is 47.8. The maximum absolute atomic E-state index is 12.3. The molecule has 0 heterocycles. The summed E-state index contributed by atoms with van der Waals surface area (Å²) in [6, 6.07) is 3.70. The Kier molecular flexibility index (Phi) is 13.9. The zero-order chi connectivity index (χ0) is 27.1. The molecule has 0 saturated heterocycles. The monoisotopic (exact) mass is 511 g/mol. The fourth-order valence-corrected chi connectivity index (χ4v) is 2.67. The van der Waals surface area contributed by atoms with Gasteiger partial charge >= 0.3 is 24.2 Å². The van der Waals surface area contributed by atoms with Crippen molar-refractivity contribution in [3.8, 4) is 11.5 Å². The third kappa shape index (κ3) is 12.4. The molecule has 11 heteroatoms. The van der Waals surface area contributed by atoms with Crippen molar-refractivity contribution >= 4 is 24.2 Å². The average Bonchev–Trinajstić information content (AvgIpc) is 2.84. The molecule has 202 valence electrons. The van der Waals surface area contributed by atoms with E-state index >= 15 is 0 Å². The predicted octanol–water partition coefficient (Wildman–Crippen LogP) is 3.66. The lowest BCUT2D eigenvalue weighted by Crippen LogP contribution is -2.41. The summed E-state index contributed by atoms with van der Waals surface area (Å²) in [5.41, 5.74) is 0.568. The van der Waals surface area contributed by atoms with Gasteiger partial charge in [-0.05, 0) is 36.0 Å². The maximum Gasteiger partial charge on any atom is 0.513 e. The van der Waals surface area contributed by atoms with Gasteiger partial charge in [-0.25, -0.2) is 9.59 Å². The second-order valence-corrected chi connectivity index (χ2v) is 8.70. The highest BCUT2D eigenvalue weighted by Gasteiger charge is 2.22. The molecule has 0 aromatic heterocycles. The van der Waals surface area contributed by atoms with E-state index in [0.29, 0.717) is 5.56 Å². The van der Waals surface area contributed by atoms with E-state index in [1.165, 1.54) is 19.2 Å². The fraction of sp³-hybridized carbons (Fsp3) is 0.600. The lowest BCUT2D eigenvalue weighted by atomic mass is 10.1. The zero-order valence-corrected chi connectivity index (χ0v) is 21.8. The molecular weight excluding hydrogens is 474 g/mol. The minimum Gasteiger partial charge on any atom is -0.468 e. The Morgan fingerprint density at radius 2 is 1.44 bits per heavy atom. The van der Waals surface area contributed by atoms with Crippen molar-refractivity contribution in [2.75, 3.05) is 33.5 Å². The molecule has 36 heavy (non-hydrogen) atoms. The summed E-state index contributed by atoms with van der Waals surface area (Å²) in [5.74, 6) is -0.816. The van der Waals surface area contributed by atoms with E-state index in [1.807, 2.05) is 27.7 Å². The van der Waals surface area contributed by atoms with Gasteiger partial charge in [0.25, 0.3) is 0 Å². The number of nitrogens with one attached hydrogen (secondary N) is 1. The Morgan fingerprint density at radius 1 is 0.861 bits per heavy atom. The van der Waals surface area contributed by atoms with Crippen LogP contribution in [0.25, 0.3) is 0 Å². The second kappa shape index (κ2) is 16.4. The number of esters is 2. The first-order valence-electron chi connectivity index (χ1n) is 11.8. The van der Waals surface area contributed by atoms with Gasteiger partial charge in [-0.2, -0.15) is 0 Å². The lowest BCUT2D eigenvalue weighted by molar-refractivity contribution is -0.143. The number of benzene rings is 1. The van der Waals surface area contributed by atoms with Gasteiger partial charge in [0.15, 0.2) is 11.5 Å². The smallest absolute Gasteiger partial charge is 0.468 e. The van der Waals surface area contributed by atoms with Crippen LogP contribution in [-0.4, -0.2) is 63.8 Å². The van der Waals surface area contributed by atoms with Crippen molar-refractivity contribution in [2.24, 2.45) is 11.8 Å². The summed E-state index contributed by atoms with van der Waals surface area (Å²) in [5, 5.41) is 2.98. The lowest BCUT2D eigenvalue weighted by Gasteiger charge is -2.18. The maximum atomic E-state index is 12.3. The molecule has 1 aromatic carbocycles. The summed E-state index contributed by atoms with van der Waals surface area (Å²) >= 11 is 0. The van der Waals surface area contributed by atoms with Crippen LogP contribution in [0.15, 0.2) is 18.2 Å². The standard InChI is InChI=1S/C25H37NO10/c1-7-22(27)32-11-10-26-19(23(28)31-6)12-18-8-9-20(35-24(29)33-14-16(2)3)21(13-18)36-25(30)34-15-17(4)5/h8-9,13,16-17,19,26H,7,10-12,14-15H2,1-6H3/t19-/m0/s1. The van der Waals surface area contributed by atoms with Gasteiger partial charge in [-0.15, -0.1) is 0 Å². The van der Waals surface area contributed by atoms with E-state index in [4.69, 9.17) is 28.4 Å². The number of carbonyl (C=O) groups excluding carboxylic acids is 4. The van der Waals surface area contributed by atoms with Crippen molar-refractivity contribution in [2.45, 2.75) is 53.5 Å². The molecule has 1 N–H and O–H groups in total. The summed E-state index contributed by atoms with van der Waals surface area (Å²) in [6.45, 7) is 9.78. The van der Waals surface area contributed by atoms with Gasteiger partial charge < -0.3 is 33.7 Å². The van der Waals surface area contributed by atoms with E-state index in [0.717, 1.165) is 0 Å². The quantitative estimate of drug-likeness (QED) is 0.170. The highest BCUT2D eigenvalue weighted by molar-refractivity contribution is 5.76. The van der Waals surface area contributed by atoms with Crippen LogP contribution in [0.1, 0.15) is 46.6 Å². The molecule has 0 bridgehead atoms. The molecule has 0 aliphatic rings. The largest absolute Gasteiger partial charge is 0.513 e. The van der Waals surface area contributed by atoms with Crippen molar-refractivity contribution in [1.82, 2.24) is 5.32 Å². The molecule has 0 radical (unpaired) electrons. The summed E-state index contributed by atoms with van der Waals surface area (Å²) in [6.07, 6.45) is -1.53. The topological polar surface area (TPSA) is 136 Å². The Labute approximate surface area is 211 Å². The van der Waals surface area contributed by atoms with Crippen LogP contribution in [0, 0.1) is 11.8 Å². The highest BCUT2D eigenvalue weighted by atomic mass is 16.7. The molecule has 0 spiro atoms. The summed E-state index contributed by atoms with van der Waals surface area (Å²) in [7, 11) is 1.26. The van der Waals surface area contributed by atoms with E-state index in [-0.39, 0.29) is 68.5 Å². The van der Waals surface area contributed by atoms with Gasteiger partial charge in [0.1, 0.15) is 12.6 Å². The van der Waals surface area contributed by atoms with E-state index in [1.54, 1.807) is 13.0 Å². The molecule has 0 unspecified atom stereocenters. The number of hydrogen-bond donors (Lipinski definition) is 1. The third-order valence-electron chi connectivity index (χ3n) is 4.43. The molecule has 1 aromatic rings. The number of rotatable bonds is 14. The Balaban J connectivity index is 3.02. The number of hydrogen-bond acceptors (Lipinski definition) is 11. The van der Waals surface area contributed by atoms with Crippen LogP contribution in [0.5, 0.6) is 11.5 Å². The molecule has 0 aliphatic heterocycles. The number of carbonyl (C=O) groups is 4. The normalized spacial score (nSPS) is 11.6. The number of methoxy groups -OCH3 is 1. The molecule has 0 fully saturated rings. The number of ether oxygens (including phenoxy) is 6. The Morgan fingerprint density at radius 3 is 1.97 bits per heavy atom. The van der Waals surface area contributed by atoms with E-state index in [2.05, 4.69) is 5.32 Å². The molecule has 1 atom stereocenters. The second-order valence-electron chi connectivity index (χ2n) is 8.70. The van der Waals surface area contributed by atoms with Crippen LogP contribution < -0.4 is 14.8 Å². The first kappa shape index (κ1) is 30.7. The van der Waals surface area contributed by atoms with Crippen LogP contribution in [0.3, 0.4) is 0 Å². The zero-order valence-electron chi connectivity index (χ0n) is 21.8. The Hall–Kier alpha value is -3.34. The van der Waals surface area contributed by atoms with Gasteiger partial charge in [0, 0.05) is 13.0 Å². The fourth-order valence-electron chi connectivity index (χ4n) is 2.67. The molecular formula is C25H37NO10. The molecule has 1 rings (SSSR count). The van der Waals surface area contributed by atoms with Crippen LogP contribution in [-0.2, 0) is 35.0 Å². The van der Waals surface area contributed by atoms with Crippen LogP contribution in [0.2, 0.25) is 0 Å². The SMILES string of the molecule is CCC(=O)OCCN[C@@H](Cc1ccc(OC(=O)OCC(C)C)c(OC(=O)OCC(C)C)c1)C(=O)OC. The molecule has 0 amide bonds. The van der Waals surface area contributed by atoms with Gasteiger partial charge in [0.2, 0.25) is 0 Å². The van der Waals surface area contributed by atoms with Gasteiger partial charge in [-0.3, -0.25) is 9.59 Å². The first-order valence-corrected chi connectivity index (χ1v) is 11.8. The van der Waals surface area contributed by atoms with Gasteiger partial charge in [-0.1, -0.05) is 40.7 Å².